The van der Waals surface area contributed by atoms with E-state index >= 15 is 0 Å². The smallest absolute Gasteiger partial charge is 0.264 e. The molecule has 7 nitrogen and oxygen atoms in total. The second-order valence-electron chi connectivity index (χ2n) is 9.40. The lowest BCUT2D eigenvalue weighted by Crippen LogP contribution is -2.52. The van der Waals surface area contributed by atoms with Crippen LogP contribution in [-0.4, -0.2) is 51.3 Å². The third kappa shape index (κ3) is 6.61. The molecule has 0 aliphatic heterocycles. The molecule has 38 heavy (non-hydrogen) atoms. The van der Waals surface area contributed by atoms with Gasteiger partial charge in [-0.1, -0.05) is 67.1 Å². The predicted molar refractivity (Wildman–Crippen MR) is 152 cm³/mol. The fourth-order valence-corrected chi connectivity index (χ4v) is 5.89. The number of carbonyl (C=O) groups is 2. The van der Waals surface area contributed by atoms with Gasteiger partial charge in [-0.2, -0.15) is 0 Å². The summed E-state index contributed by atoms with van der Waals surface area (Å²) in [5.41, 5.74) is 4.08. The molecule has 0 aliphatic carbocycles. The molecule has 1 N–H and O–H groups in total. The van der Waals surface area contributed by atoms with Crippen molar-refractivity contribution in [2.75, 3.05) is 24.4 Å². The Morgan fingerprint density at radius 3 is 2.16 bits per heavy atom. The molecule has 8 heteroatoms. The number of amides is 2. The van der Waals surface area contributed by atoms with E-state index in [-0.39, 0.29) is 17.3 Å². The van der Waals surface area contributed by atoms with Crippen molar-refractivity contribution in [1.82, 2.24) is 10.2 Å². The van der Waals surface area contributed by atoms with E-state index in [1.54, 1.807) is 36.4 Å². The lowest BCUT2D eigenvalue weighted by Gasteiger charge is -2.33. The minimum atomic E-state index is -4.08. The molecule has 1 unspecified atom stereocenters. The number of sulfonamides is 1. The first-order valence-corrected chi connectivity index (χ1v) is 14.2. The Bertz CT molecular complexity index is 1360. The second kappa shape index (κ2) is 12.7. The Kier molecular flexibility index (Phi) is 9.69. The molecule has 0 spiro atoms. The summed E-state index contributed by atoms with van der Waals surface area (Å²) in [6.45, 7) is 7.33. The number of carbonyl (C=O) groups excluding carboxylic acids is 2. The van der Waals surface area contributed by atoms with Crippen LogP contribution in [0, 0.1) is 20.8 Å². The molecule has 0 saturated carbocycles. The standard InChI is InChI=1S/C30H37N3O4S/c1-6-27(30(35)31-5)32(20-19-25-12-8-7-9-13-25)29(34)21-33(28-14-10-11-23(3)24(28)4)38(36,37)26-17-15-22(2)16-18-26/h7-18,27H,6,19-21H2,1-5H3,(H,31,35). The molecule has 0 radical (unpaired) electrons. The van der Waals surface area contributed by atoms with Gasteiger partial charge in [-0.3, -0.25) is 13.9 Å². The summed E-state index contributed by atoms with van der Waals surface area (Å²) in [7, 11) is -2.54. The van der Waals surface area contributed by atoms with Gasteiger partial charge in [-0.25, -0.2) is 8.42 Å². The van der Waals surface area contributed by atoms with E-state index in [0.29, 0.717) is 18.5 Å². The molecule has 2 amide bonds. The van der Waals surface area contributed by atoms with Gasteiger partial charge in [0.05, 0.1) is 10.6 Å². The van der Waals surface area contributed by atoms with Gasteiger partial charge < -0.3 is 10.2 Å². The van der Waals surface area contributed by atoms with E-state index in [1.165, 1.54) is 16.3 Å². The van der Waals surface area contributed by atoms with E-state index < -0.39 is 28.5 Å². The number of nitrogens with zero attached hydrogens (tertiary/aromatic N) is 2. The summed E-state index contributed by atoms with van der Waals surface area (Å²) in [5, 5.41) is 2.65. The predicted octanol–water partition coefficient (Wildman–Crippen LogP) is 4.40. The molecule has 1 atom stereocenters. The van der Waals surface area contributed by atoms with Crippen molar-refractivity contribution in [1.29, 1.82) is 0 Å². The lowest BCUT2D eigenvalue weighted by atomic mass is 10.1. The highest BCUT2D eigenvalue weighted by Gasteiger charge is 2.33. The minimum absolute atomic E-state index is 0.103. The summed E-state index contributed by atoms with van der Waals surface area (Å²) in [6.07, 6.45) is 0.933. The molecule has 202 valence electrons. The largest absolute Gasteiger partial charge is 0.357 e. The van der Waals surface area contributed by atoms with Crippen LogP contribution in [0.1, 0.15) is 35.6 Å². The summed E-state index contributed by atoms with van der Waals surface area (Å²) in [5.74, 6) is -0.721. The minimum Gasteiger partial charge on any atom is -0.357 e. The number of hydrogen-bond donors (Lipinski definition) is 1. The van der Waals surface area contributed by atoms with Crippen LogP contribution < -0.4 is 9.62 Å². The van der Waals surface area contributed by atoms with Crippen molar-refractivity contribution >= 4 is 27.5 Å². The maximum atomic E-state index is 14.0. The van der Waals surface area contributed by atoms with Crippen LogP contribution >= 0.6 is 0 Å². The fraction of sp³-hybridized carbons (Fsp3) is 0.333. The number of anilines is 1. The number of rotatable bonds is 11. The van der Waals surface area contributed by atoms with Crippen LogP contribution in [0.25, 0.3) is 0 Å². The highest BCUT2D eigenvalue weighted by atomic mass is 32.2. The van der Waals surface area contributed by atoms with Crippen LogP contribution in [-0.2, 0) is 26.0 Å². The summed E-state index contributed by atoms with van der Waals surface area (Å²) in [4.78, 5) is 28.3. The van der Waals surface area contributed by atoms with Crippen LogP contribution in [0.3, 0.4) is 0 Å². The normalized spacial score (nSPS) is 12.0. The first-order chi connectivity index (χ1) is 18.1. The van der Waals surface area contributed by atoms with Crippen molar-refractivity contribution in [3.05, 3.63) is 95.1 Å². The molecule has 0 heterocycles. The van der Waals surface area contributed by atoms with Gasteiger partial charge in [-0.15, -0.1) is 0 Å². The van der Waals surface area contributed by atoms with Crippen LogP contribution in [0.4, 0.5) is 5.69 Å². The zero-order valence-corrected chi connectivity index (χ0v) is 23.6. The second-order valence-corrected chi connectivity index (χ2v) is 11.3. The van der Waals surface area contributed by atoms with Crippen molar-refractivity contribution < 1.29 is 18.0 Å². The van der Waals surface area contributed by atoms with Gasteiger partial charge in [0, 0.05) is 13.6 Å². The highest BCUT2D eigenvalue weighted by molar-refractivity contribution is 7.92. The van der Waals surface area contributed by atoms with Gasteiger partial charge in [-0.05, 0) is 68.5 Å². The lowest BCUT2D eigenvalue weighted by molar-refractivity contribution is -0.139. The average molecular weight is 536 g/mol. The fourth-order valence-electron chi connectivity index (χ4n) is 4.42. The topological polar surface area (TPSA) is 86.8 Å². The maximum Gasteiger partial charge on any atom is 0.264 e. The van der Waals surface area contributed by atoms with Crippen molar-refractivity contribution in [3.8, 4) is 0 Å². The molecule has 0 fully saturated rings. The maximum absolute atomic E-state index is 14.0. The highest BCUT2D eigenvalue weighted by Crippen LogP contribution is 2.29. The first-order valence-electron chi connectivity index (χ1n) is 12.8. The van der Waals surface area contributed by atoms with Gasteiger partial charge in [0.25, 0.3) is 10.0 Å². The average Bonchev–Trinajstić information content (AvgIpc) is 2.91. The quantitative estimate of drug-likeness (QED) is 0.394. The molecular weight excluding hydrogens is 498 g/mol. The Morgan fingerprint density at radius 2 is 1.55 bits per heavy atom. The van der Waals surface area contributed by atoms with Crippen LogP contribution in [0.5, 0.6) is 0 Å². The molecule has 0 aliphatic rings. The summed E-state index contributed by atoms with van der Waals surface area (Å²) >= 11 is 0. The zero-order valence-electron chi connectivity index (χ0n) is 22.8. The van der Waals surface area contributed by atoms with E-state index in [4.69, 9.17) is 0 Å². The van der Waals surface area contributed by atoms with E-state index in [2.05, 4.69) is 5.32 Å². The molecule has 3 aromatic carbocycles. The third-order valence-electron chi connectivity index (χ3n) is 6.85. The van der Waals surface area contributed by atoms with Gasteiger partial charge in [0.15, 0.2) is 0 Å². The molecule has 0 saturated heterocycles. The molecule has 0 bridgehead atoms. The van der Waals surface area contributed by atoms with Crippen LogP contribution in [0.15, 0.2) is 77.7 Å². The number of likely N-dealkylation sites (N-methyl/N-ethyl adjacent to an activating group) is 1. The van der Waals surface area contributed by atoms with Crippen molar-refractivity contribution in [2.45, 2.75) is 51.5 Å². The van der Waals surface area contributed by atoms with Crippen molar-refractivity contribution in [3.63, 3.8) is 0 Å². The number of benzene rings is 3. The molecule has 0 aromatic heterocycles. The monoisotopic (exact) mass is 535 g/mol. The van der Waals surface area contributed by atoms with Gasteiger partial charge in [0.2, 0.25) is 11.8 Å². The van der Waals surface area contributed by atoms with E-state index in [0.717, 1.165) is 22.3 Å². The molecule has 3 aromatic rings. The Hall–Kier alpha value is -3.65. The third-order valence-corrected chi connectivity index (χ3v) is 8.62. The first kappa shape index (κ1) is 28.9. The number of nitrogens with one attached hydrogen (secondary N) is 1. The Labute approximate surface area is 226 Å². The van der Waals surface area contributed by atoms with E-state index in [1.807, 2.05) is 64.1 Å². The molecule has 3 rings (SSSR count). The SMILES string of the molecule is CCC(C(=O)NC)N(CCc1ccccc1)C(=O)CN(c1cccc(C)c1C)S(=O)(=O)c1ccc(C)cc1. The van der Waals surface area contributed by atoms with Crippen LogP contribution in [0.2, 0.25) is 0 Å². The Morgan fingerprint density at radius 1 is 0.895 bits per heavy atom. The zero-order chi connectivity index (χ0) is 27.9. The summed E-state index contributed by atoms with van der Waals surface area (Å²) < 4.78 is 29.1. The molecular formula is C30H37N3O4S. The van der Waals surface area contributed by atoms with E-state index in [9.17, 15) is 18.0 Å². The number of aryl methyl sites for hydroxylation is 2. The summed E-state index contributed by atoms with van der Waals surface area (Å²) in [6, 6.07) is 21.0. The van der Waals surface area contributed by atoms with Gasteiger partial charge >= 0.3 is 0 Å². The van der Waals surface area contributed by atoms with Gasteiger partial charge in [0.1, 0.15) is 12.6 Å². The van der Waals surface area contributed by atoms with Crippen molar-refractivity contribution in [2.24, 2.45) is 0 Å². The number of hydrogen-bond acceptors (Lipinski definition) is 4. The Balaban J connectivity index is 2.05.